The van der Waals surface area contributed by atoms with Gasteiger partial charge >= 0.3 is 0 Å². The van der Waals surface area contributed by atoms with Gasteiger partial charge in [0.05, 0.1) is 10.0 Å². The molecule has 0 unspecified atom stereocenters. The van der Waals surface area contributed by atoms with E-state index >= 15 is 0 Å². The number of benzene rings is 2. The van der Waals surface area contributed by atoms with E-state index in [9.17, 15) is 9.59 Å². The number of carbonyl (C=O) groups is 2. The van der Waals surface area contributed by atoms with E-state index in [1.54, 1.807) is 58.3 Å². The lowest BCUT2D eigenvalue weighted by Crippen LogP contribution is -2.50. The zero-order chi connectivity index (χ0) is 19.4. The van der Waals surface area contributed by atoms with Gasteiger partial charge in [-0.3, -0.25) is 9.59 Å². The zero-order valence-corrected chi connectivity index (χ0v) is 16.6. The molecule has 0 bridgehead atoms. The fraction of sp³-hybridized carbons (Fsp3) is 0.200. The van der Waals surface area contributed by atoms with Crippen molar-refractivity contribution in [1.82, 2.24) is 9.80 Å². The second-order valence-corrected chi connectivity index (χ2v) is 7.38. The lowest BCUT2D eigenvalue weighted by atomic mass is 10.1. The maximum absolute atomic E-state index is 12.5. The highest BCUT2D eigenvalue weighted by Gasteiger charge is 2.23. The summed E-state index contributed by atoms with van der Waals surface area (Å²) >= 11 is 17.7. The third kappa shape index (κ3) is 5.04. The van der Waals surface area contributed by atoms with E-state index in [0.717, 1.165) is 5.56 Å². The van der Waals surface area contributed by atoms with E-state index in [-0.39, 0.29) is 11.8 Å². The summed E-state index contributed by atoms with van der Waals surface area (Å²) in [5, 5.41) is 1.51. The van der Waals surface area contributed by atoms with Gasteiger partial charge in [0.25, 0.3) is 5.91 Å². The Hall–Kier alpha value is -2.01. The summed E-state index contributed by atoms with van der Waals surface area (Å²) in [4.78, 5) is 28.3. The number of carbonyl (C=O) groups excluding carboxylic acids is 2. The van der Waals surface area contributed by atoms with Gasteiger partial charge < -0.3 is 9.80 Å². The van der Waals surface area contributed by atoms with Crippen molar-refractivity contribution in [3.63, 3.8) is 0 Å². The molecule has 1 fully saturated rings. The minimum absolute atomic E-state index is 0.0508. The normalized spacial score (nSPS) is 14.6. The Balaban J connectivity index is 1.55. The summed E-state index contributed by atoms with van der Waals surface area (Å²) in [5.41, 5.74) is 1.40. The van der Waals surface area contributed by atoms with Crippen LogP contribution in [0, 0.1) is 0 Å². The van der Waals surface area contributed by atoms with Crippen LogP contribution in [0.25, 0.3) is 6.08 Å². The lowest BCUT2D eigenvalue weighted by molar-refractivity contribution is -0.127. The minimum Gasteiger partial charge on any atom is -0.336 e. The first-order valence-corrected chi connectivity index (χ1v) is 9.54. The standard InChI is InChI=1S/C20H17Cl3N2O2/c21-16-5-3-15(4-6-16)20(27)25-11-9-24(10-12-25)19(26)8-2-14-1-7-17(22)18(23)13-14/h1-8,13H,9-12H2/b8-2+. The summed E-state index contributed by atoms with van der Waals surface area (Å²) in [7, 11) is 0. The molecule has 0 radical (unpaired) electrons. The molecular formula is C20H17Cl3N2O2. The van der Waals surface area contributed by atoms with Gasteiger partial charge in [-0.25, -0.2) is 0 Å². The van der Waals surface area contributed by atoms with Crippen LogP contribution in [0.3, 0.4) is 0 Å². The van der Waals surface area contributed by atoms with Gasteiger partial charge in [0.2, 0.25) is 5.91 Å². The zero-order valence-electron chi connectivity index (χ0n) is 14.4. The number of hydrogen-bond acceptors (Lipinski definition) is 2. The molecule has 1 heterocycles. The van der Waals surface area contributed by atoms with E-state index in [4.69, 9.17) is 34.8 Å². The Kier molecular flexibility index (Phi) is 6.42. The van der Waals surface area contributed by atoms with Crippen molar-refractivity contribution < 1.29 is 9.59 Å². The maximum Gasteiger partial charge on any atom is 0.253 e. The highest BCUT2D eigenvalue weighted by atomic mass is 35.5. The number of amides is 2. The predicted octanol–water partition coefficient (Wildman–Crippen LogP) is 4.64. The first-order valence-electron chi connectivity index (χ1n) is 8.41. The van der Waals surface area contributed by atoms with Gasteiger partial charge in [-0.15, -0.1) is 0 Å². The first-order chi connectivity index (χ1) is 12.9. The molecule has 0 saturated carbocycles. The quantitative estimate of drug-likeness (QED) is 0.675. The Morgan fingerprint density at radius 2 is 1.44 bits per heavy atom. The Labute approximate surface area is 172 Å². The molecule has 2 amide bonds. The number of halogens is 3. The summed E-state index contributed by atoms with van der Waals surface area (Å²) in [5.74, 6) is -0.148. The smallest absolute Gasteiger partial charge is 0.253 e. The summed E-state index contributed by atoms with van der Waals surface area (Å²) in [6, 6.07) is 12.0. The van der Waals surface area contributed by atoms with Gasteiger partial charge in [0.15, 0.2) is 0 Å². The third-order valence-corrected chi connectivity index (χ3v) is 5.32. The fourth-order valence-corrected chi connectivity index (χ4v) is 3.23. The van der Waals surface area contributed by atoms with Crippen LogP contribution < -0.4 is 0 Å². The molecule has 2 aromatic rings. The highest BCUT2D eigenvalue weighted by Crippen LogP contribution is 2.23. The van der Waals surface area contributed by atoms with Crippen molar-refractivity contribution in [3.05, 3.63) is 74.7 Å². The van der Waals surface area contributed by atoms with E-state index in [0.29, 0.717) is 46.8 Å². The molecule has 0 N–H and O–H groups in total. The Morgan fingerprint density at radius 1 is 0.815 bits per heavy atom. The highest BCUT2D eigenvalue weighted by molar-refractivity contribution is 6.42. The van der Waals surface area contributed by atoms with Crippen LogP contribution in [0.5, 0.6) is 0 Å². The third-order valence-electron chi connectivity index (χ3n) is 4.33. The fourth-order valence-electron chi connectivity index (χ4n) is 2.79. The van der Waals surface area contributed by atoms with Crippen molar-refractivity contribution in [2.45, 2.75) is 0 Å². The SMILES string of the molecule is O=C(/C=C/c1ccc(Cl)c(Cl)c1)N1CCN(C(=O)c2ccc(Cl)cc2)CC1. The minimum atomic E-state index is -0.0975. The van der Waals surface area contributed by atoms with E-state index < -0.39 is 0 Å². The molecule has 3 rings (SSSR count). The van der Waals surface area contributed by atoms with Crippen LogP contribution in [0.2, 0.25) is 15.1 Å². The Morgan fingerprint density at radius 3 is 2.07 bits per heavy atom. The second-order valence-electron chi connectivity index (χ2n) is 6.13. The topological polar surface area (TPSA) is 40.6 Å². The van der Waals surface area contributed by atoms with Gasteiger partial charge in [0.1, 0.15) is 0 Å². The molecule has 1 saturated heterocycles. The monoisotopic (exact) mass is 422 g/mol. The molecule has 140 valence electrons. The molecule has 27 heavy (non-hydrogen) atoms. The van der Waals surface area contributed by atoms with Gasteiger partial charge in [0, 0.05) is 42.8 Å². The maximum atomic E-state index is 12.5. The molecule has 0 spiro atoms. The number of rotatable bonds is 3. The average Bonchev–Trinajstić information content (AvgIpc) is 2.69. The van der Waals surface area contributed by atoms with Crippen LogP contribution in [-0.2, 0) is 4.79 Å². The van der Waals surface area contributed by atoms with Crippen molar-refractivity contribution in [2.75, 3.05) is 26.2 Å². The van der Waals surface area contributed by atoms with Gasteiger partial charge in [-0.1, -0.05) is 40.9 Å². The van der Waals surface area contributed by atoms with Crippen molar-refractivity contribution >= 4 is 52.7 Å². The van der Waals surface area contributed by atoms with Crippen LogP contribution in [-0.4, -0.2) is 47.8 Å². The van der Waals surface area contributed by atoms with Gasteiger partial charge in [-0.2, -0.15) is 0 Å². The number of nitrogens with zero attached hydrogens (tertiary/aromatic N) is 2. The molecule has 0 aromatic heterocycles. The summed E-state index contributed by atoms with van der Waals surface area (Å²) < 4.78 is 0. The lowest BCUT2D eigenvalue weighted by Gasteiger charge is -2.34. The van der Waals surface area contributed by atoms with Crippen molar-refractivity contribution in [3.8, 4) is 0 Å². The molecule has 1 aliphatic rings. The van der Waals surface area contributed by atoms with Gasteiger partial charge in [-0.05, 0) is 48.0 Å². The predicted molar refractivity (Wildman–Crippen MR) is 109 cm³/mol. The molecule has 0 atom stereocenters. The van der Waals surface area contributed by atoms with Crippen LogP contribution in [0.1, 0.15) is 15.9 Å². The second kappa shape index (κ2) is 8.79. The number of piperazine rings is 1. The summed E-state index contributed by atoms with van der Waals surface area (Å²) in [6.45, 7) is 1.97. The molecule has 1 aliphatic heterocycles. The molecular weight excluding hydrogens is 407 g/mol. The van der Waals surface area contributed by atoms with Crippen LogP contribution >= 0.6 is 34.8 Å². The molecule has 0 aliphatic carbocycles. The molecule has 2 aromatic carbocycles. The van der Waals surface area contributed by atoms with E-state index in [1.807, 2.05) is 0 Å². The van der Waals surface area contributed by atoms with Crippen LogP contribution in [0.15, 0.2) is 48.5 Å². The van der Waals surface area contributed by atoms with Crippen LogP contribution in [0.4, 0.5) is 0 Å². The summed E-state index contributed by atoms with van der Waals surface area (Å²) in [6.07, 6.45) is 3.21. The largest absolute Gasteiger partial charge is 0.336 e. The van der Waals surface area contributed by atoms with E-state index in [2.05, 4.69) is 0 Å². The Bertz CT molecular complexity index is 873. The number of hydrogen-bond donors (Lipinski definition) is 0. The molecule has 7 heteroatoms. The first kappa shape index (κ1) is 19.7. The average molecular weight is 424 g/mol. The van der Waals surface area contributed by atoms with E-state index in [1.165, 1.54) is 6.08 Å². The van der Waals surface area contributed by atoms with Crippen molar-refractivity contribution in [2.24, 2.45) is 0 Å². The van der Waals surface area contributed by atoms with Crippen molar-refractivity contribution in [1.29, 1.82) is 0 Å². The molecule has 4 nitrogen and oxygen atoms in total.